The van der Waals surface area contributed by atoms with E-state index >= 15 is 0 Å². The molecule has 5 aliphatic rings. The fraction of sp³-hybridized carbons (Fsp3) is 0.780. The van der Waals surface area contributed by atoms with Crippen molar-refractivity contribution in [2.24, 2.45) is 41.4 Å². The lowest BCUT2D eigenvalue weighted by atomic mass is 9.72. The number of rotatable bonds is 14. The van der Waals surface area contributed by atoms with Crippen LogP contribution in [0.25, 0.3) is 0 Å². The Bertz CT molecular complexity index is 1900. The monoisotopic (exact) mass is 922 g/mol. The molecule has 0 aliphatic carbocycles. The fourth-order valence-corrected chi connectivity index (χ4v) is 11.8. The quantitative estimate of drug-likeness (QED) is 0.132. The second-order valence-corrected chi connectivity index (χ2v) is 20.5. The lowest BCUT2D eigenvalue weighted by Crippen LogP contribution is -2.65. The molecule has 18 atom stereocenters. The van der Waals surface area contributed by atoms with Gasteiger partial charge in [0, 0.05) is 30.1 Å². The first-order valence-electron chi connectivity index (χ1n) is 24.1. The molecule has 5 aliphatic heterocycles. The summed E-state index contributed by atoms with van der Waals surface area (Å²) in [6.45, 7) is 18.9. The molecular weight excluding hydrogens is 848 g/mol. The molecule has 4 N–H and O–H groups in total. The van der Waals surface area contributed by atoms with E-state index in [9.17, 15) is 42.9 Å². The van der Waals surface area contributed by atoms with Gasteiger partial charge in [-0.2, -0.15) is 13.2 Å². The number of aliphatic hydroxyl groups excluding tert-OH is 1. The van der Waals surface area contributed by atoms with Crippen LogP contribution in [0.15, 0.2) is 36.4 Å². The number of carbonyl (C=O) groups excluding carboxylic acids is 2. The van der Waals surface area contributed by atoms with E-state index in [4.69, 9.17) is 23.7 Å². The average molecular weight is 922 g/mol. The molecule has 2 spiro atoms. The molecule has 366 valence electrons. The summed E-state index contributed by atoms with van der Waals surface area (Å²) in [5.74, 6) is -8.24. The van der Waals surface area contributed by atoms with E-state index in [-0.39, 0.29) is 30.0 Å². The van der Waals surface area contributed by atoms with Crippen molar-refractivity contribution in [3.8, 4) is 0 Å². The summed E-state index contributed by atoms with van der Waals surface area (Å²) in [6, 6.07) is 3.53. The van der Waals surface area contributed by atoms with E-state index in [1.807, 2.05) is 62.3 Å². The third-order valence-electron chi connectivity index (χ3n) is 16.2. The molecule has 0 radical (unpaired) electrons. The average Bonchev–Trinajstić information content (AvgIpc) is 3.60. The summed E-state index contributed by atoms with van der Waals surface area (Å²) in [5, 5.41) is 35.8. The largest absolute Gasteiger partial charge is 0.481 e. The van der Waals surface area contributed by atoms with Gasteiger partial charge in [-0.05, 0) is 102 Å². The zero-order valence-electron chi connectivity index (χ0n) is 39.9. The Labute approximate surface area is 382 Å². The zero-order chi connectivity index (χ0) is 48.0. The first kappa shape index (κ1) is 51.5. The van der Waals surface area contributed by atoms with Crippen LogP contribution in [0.2, 0.25) is 0 Å². The maximum Gasteiger partial charge on any atom is 0.417 e. The number of carboxylic acid groups (broad SMARTS) is 1. The summed E-state index contributed by atoms with van der Waals surface area (Å²) < 4.78 is 76.6. The van der Waals surface area contributed by atoms with E-state index < -0.39 is 118 Å². The van der Waals surface area contributed by atoms with Crippen LogP contribution in [-0.4, -0.2) is 98.4 Å². The van der Waals surface area contributed by atoms with Crippen LogP contribution in [0, 0.1) is 41.4 Å². The highest BCUT2D eigenvalue weighted by Gasteiger charge is 2.63. The fourth-order valence-electron chi connectivity index (χ4n) is 11.8. The number of aliphatic hydroxyl groups is 2. The topological polar surface area (TPSA) is 170 Å². The van der Waals surface area contributed by atoms with Crippen LogP contribution < -0.4 is 5.32 Å². The molecule has 1 aromatic carbocycles. The second-order valence-electron chi connectivity index (χ2n) is 20.5. The Morgan fingerprint density at radius 3 is 2.18 bits per heavy atom. The number of carbonyl (C=O) groups is 3. The first-order chi connectivity index (χ1) is 30.4. The van der Waals surface area contributed by atoms with Crippen LogP contribution in [0.5, 0.6) is 0 Å². The van der Waals surface area contributed by atoms with Crippen molar-refractivity contribution in [2.45, 2.75) is 205 Å². The van der Waals surface area contributed by atoms with E-state index in [0.717, 1.165) is 18.6 Å². The zero-order valence-corrected chi connectivity index (χ0v) is 39.9. The first-order valence-corrected chi connectivity index (χ1v) is 24.1. The molecule has 1 amide bonds. The third kappa shape index (κ3) is 9.99. The van der Waals surface area contributed by atoms with Crippen molar-refractivity contribution in [2.75, 3.05) is 0 Å². The van der Waals surface area contributed by atoms with Gasteiger partial charge >= 0.3 is 12.1 Å². The molecular formula is C50H74F3NO11. The van der Waals surface area contributed by atoms with Crippen LogP contribution in [0.3, 0.4) is 0 Å². The van der Waals surface area contributed by atoms with Gasteiger partial charge in [0.05, 0.1) is 64.9 Å². The van der Waals surface area contributed by atoms with Gasteiger partial charge in [0.1, 0.15) is 11.8 Å². The number of Topliss-reactive ketones (excluding diaryl/α,β-unsaturated/α-hetero) is 1. The highest BCUT2D eigenvalue weighted by molar-refractivity contribution is 5.96. The van der Waals surface area contributed by atoms with Crippen LogP contribution in [0.1, 0.15) is 149 Å². The number of halogens is 3. The molecule has 0 aromatic heterocycles. The summed E-state index contributed by atoms with van der Waals surface area (Å²) in [6.07, 6.45) is -0.377. The molecule has 65 heavy (non-hydrogen) atoms. The van der Waals surface area contributed by atoms with Crippen LogP contribution >= 0.6 is 0 Å². The number of ketones is 1. The van der Waals surface area contributed by atoms with E-state index in [1.165, 1.54) is 12.1 Å². The van der Waals surface area contributed by atoms with Gasteiger partial charge in [-0.3, -0.25) is 14.4 Å². The number of amides is 1. The number of hydrogen-bond acceptors (Lipinski definition) is 10. The number of hydrogen-bond donors (Lipinski definition) is 4. The molecule has 4 saturated heterocycles. The Morgan fingerprint density at radius 2 is 1.57 bits per heavy atom. The Morgan fingerprint density at radius 1 is 0.892 bits per heavy atom. The maximum absolute atomic E-state index is 14.7. The van der Waals surface area contributed by atoms with Crippen molar-refractivity contribution in [3.05, 3.63) is 47.5 Å². The molecule has 1 aromatic rings. The Kier molecular flexibility index (Phi) is 15.5. The van der Waals surface area contributed by atoms with Crippen molar-refractivity contribution in [1.82, 2.24) is 5.32 Å². The van der Waals surface area contributed by atoms with E-state index in [0.29, 0.717) is 51.4 Å². The summed E-state index contributed by atoms with van der Waals surface area (Å²) >= 11 is 0. The van der Waals surface area contributed by atoms with Crippen molar-refractivity contribution in [3.63, 3.8) is 0 Å². The molecule has 4 fully saturated rings. The highest BCUT2D eigenvalue weighted by atomic mass is 19.4. The normalized spacial score (nSPS) is 40.0. The number of carboxylic acids is 1. The van der Waals surface area contributed by atoms with Gasteiger partial charge in [0.2, 0.25) is 0 Å². The second kappa shape index (κ2) is 19.6. The Balaban J connectivity index is 1.28. The smallest absolute Gasteiger partial charge is 0.417 e. The van der Waals surface area contributed by atoms with Crippen molar-refractivity contribution < 1.29 is 66.6 Å². The predicted octanol–water partition coefficient (Wildman–Crippen LogP) is 8.64. The summed E-state index contributed by atoms with van der Waals surface area (Å²) in [5.41, 5.74) is -3.64. The van der Waals surface area contributed by atoms with Crippen molar-refractivity contribution in [1.29, 1.82) is 0 Å². The highest BCUT2D eigenvalue weighted by Crippen LogP contribution is 2.54. The molecule has 15 heteroatoms. The Hall–Kier alpha value is -2.92. The number of nitrogens with one attached hydrogen (secondary N) is 1. The molecule has 5 heterocycles. The molecule has 2 unspecified atom stereocenters. The van der Waals surface area contributed by atoms with Gasteiger partial charge in [0.25, 0.3) is 5.91 Å². The van der Waals surface area contributed by atoms with E-state index in [2.05, 4.69) is 5.32 Å². The summed E-state index contributed by atoms with van der Waals surface area (Å²) in [4.78, 5) is 40.6. The van der Waals surface area contributed by atoms with Crippen LogP contribution in [-0.2, 0) is 39.4 Å². The lowest BCUT2D eigenvalue weighted by Gasteiger charge is -2.55. The van der Waals surface area contributed by atoms with Gasteiger partial charge in [-0.25, -0.2) is 0 Å². The predicted molar refractivity (Wildman–Crippen MR) is 235 cm³/mol. The number of alkyl halides is 3. The van der Waals surface area contributed by atoms with E-state index in [1.54, 1.807) is 19.1 Å². The SMILES string of the molecule is CCC(C(=O)[C@@H](C)[C@@H](O)[C@H](C)[C@@H]1O[C@@H]([C@@H](CC)C(=O)O)CC[C@@H]1C)[C@H]1O[C@]2(C=CC(NC(=O)c3ccccc3C(F)(F)F)[C@]3(CC[C@@](C)([C@H]4CC[C@](O)(CC)[C@H](C)O4)O3)O2)[C@H](C)C[C@@H]1C. The molecule has 0 bridgehead atoms. The summed E-state index contributed by atoms with van der Waals surface area (Å²) in [7, 11) is 0. The van der Waals surface area contributed by atoms with Crippen LogP contribution in [0.4, 0.5) is 13.2 Å². The van der Waals surface area contributed by atoms with Gasteiger partial charge in [-0.15, -0.1) is 0 Å². The number of aliphatic carboxylic acids is 1. The minimum Gasteiger partial charge on any atom is -0.481 e. The lowest BCUT2D eigenvalue weighted by molar-refractivity contribution is -0.397. The minimum atomic E-state index is -4.78. The minimum absolute atomic E-state index is 0.0392. The van der Waals surface area contributed by atoms with Gasteiger partial charge in [0.15, 0.2) is 11.6 Å². The number of benzene rings is 1. The standard InChI is InChI=1S/C50H74F3NO11/c1-11-33(45(58)59)37-19-18-27(4)42(62-37)31(8)40(55)30(7)41(56)34(12-2)43-28(5)26-29(6)48(63-43)23-20-38(54-44(57)35-16-14-15-17-36(35)50(51,52)53)49(65-48)25-24-46(10,64-49)39-21-22-47(60,13-3)32(9)61-39/h14-17,20,23,27-34,37-40,42-43,55,60H,11-13,18-19,21-22,24-26H2,1-10H3,(H,54,57)(H,58,59)/t27-,28-,29+,30-,31-,32-,33+,34?,37+,38?,39+,40+,42+,43-,46-,47+,48-,49-/m0/s1. The molecule has 0 saturated carbocycles. The maximum atomic E-state index is 14.7. The molecule has 6 rings (SSSR count). The number of ether oxygens (including phenoxy) is 5. The van der Waals surface area contributed by atoms with Gasteiger partial charge in [-0.1, -0.05) is 73.6 Å². The van der Waals surface area contributed by atoms with Crippen molar-refractivity contribution >= 4 is 17.7 Å². The van der Waals surface area contributed by atoms with Gasteiger partial charge < -0.3 is 44.3 Å². The third-order valence-corrected chi connectivity index (χ3v) is 16.2. The molecule has 12 nitrogen and oxygen atoms in total.